The maximum Gasteiger partial charge on any atom is 0.407 e. The molecule has 5 rings (SSSR count). The van der Waals surface area contributed by atoms with E-state index in [9.17, 15) is 43.5 Å². The first-order chi connectivity index (χ1) is 31.2. The zero-order valence-corrected chi connectivity index (χ0v) is 36.8. The predicted octanol–water partition coefficient (Wildman–Crippen LogP) is 1.29. The molecule has 2 aliphatic heterocycles. The van der Waals surface area contributed by atoms with E-state index in [0.29, 0.717) is 12.8 Å². The number of unbranched alkanes of at least 4 members (excludes halogenated alkanes) is 1. The number of hydrogen-bond acceptors (Lipinski definition) is 11. The van der Waals surface area contributed by atoms with Crippen LogP contribution in [0, 0.1) is 0 Å². The highest BCUT2D eigenvalue weighted by molar-refractivity contribution is 5.96. The topological polar surface area (TPSA) is 303 Å². The molecule has 10 N–H and O–H groups in total. The van der Waals surface area contributed by atoms with Gasteiger partial charge in [0.25, 0.3) is 0 Å². The summed E-state index contributed by atoms with van der Waals surface area (Å²) in [5.41, 5.74) is 15.0. The zero-order valence-electron chi connectivity index (χ0n) is 36.8. The molecule has 0 unspecified atom stereocenters. The smallest absolute Gasteiger partial charge is 0.407 e. The number of aliphatic imine (C=N–C) groups is 1. The number of alkyl carbamates (subject to hydrolysis) is 1. The Labute approximate surface area is 377 Å². The van der Waals surface area contributed by atoms with Crippen LogP contribution >= 0.6 is 0 Å². The van der Waals surface area contributed by atoms with Gasteiger partial charge in [-0.3, -0.25) is 29.0 Å². The molecule has 2 aromatic rings. The third-order valence-electron chi connectivity index (χ3n) is 11.9. The van der Waals surface area contributed by atoms with Gasteiger partial charge in [-0.15, -0.1) is 0 Å². The molecule has 65 heavy (non-hydrogen) atoms. The Balaban J connectivity index is 1.37. The first kappa shape index (κ1) is 49.3. The minimum absolute atomic E-state index is 0.00695. The van der Waals surface area contributed by atoms with E-state index in [1.807, 2.05) is 48.5 Å². The van der Waals surface area contributed by atoms with Gasteiger partial charge in [0.1, 0.15) is 42.9 Å². The molecule has 0 spiro atoms. The number of aliphatic carboxylic acids is 1. The van der Waals surface area contributed by atoms with Gasteiger partial charge in [-0.1, -0.05) is 74.2 Å². The van der Waals surface area contributed by atoms with E-state index in [1.54, 1.807) is 0 Å². The summed E-state index contributed by atoms with van der Waals surface area (Å²) in [5, 5.41) is 23.4. The second-order valence-corrected chi connectivity index (χ2v) is 16.5. The lowest BCUT2D eigenvalue weighted by Gasteiger charge is -2.30. The van der Waals surface area contributed by atoms with Gasteiger partial charge in [0.05, 0.1) is 7.11 Å². The number of methoxy groups -OCH3 is 1. The fourth-order valence-electron chi connectivity index (χ4n) is 8.68. The Morgan fingerprint density at radius 3 is 2.08 bits per heavy atom. The van der Waals surface area contributed by atoms with Crippen molar-refractivity contribution in [3.63, 3.8) is 0 Å². The van der Waals surface area contributed by atoms with E-state index < -0.39 is 83.8 Å². The molecule has 2 heterocycles. The molecule has 20 heteroatoms. The molecule has 0 bridgehead atoms. The van der Waals surface area contributed by atoms with Gasteiger partial charge in [0.15, 0.2) is 5.96 Å². The van der Waals surface area contributed by atoms with Crippen LogP contribution in [0.15, 0.2) is 53.5 Å². The number of esters is 1. The van der Waals surface area contributed by atoms with Crippen molar-refractivity contribution < 1.29 is 52.9 Å². The largest absolute Gasteiger partial charge is 0.480 e. The quantitative estimate of drug-likeness (QED) is 0.0542. The highest BCUT2D eigenvalue weighted by Crippen LogP contribution is 2.44. The van der Waals surface area contributed by atoms with Crippen molar-refractivity contribution in [3.05, 3.63) is 59.7 Å². The first-order valence-electron chi connectivity index (χ1n) is 22.1. The Bertz CT molecular complexity index is 2050. The number of fused-ring (bicyclic) bond motifs is 4. The Morgan fingerprint density at radius 1 is 0.831 bits per heavy atom. The standard InChI is InChI=1S/C45H61N9O11/c1-26(55)49-36(43(62)64-2)20-10-7-17-32-38(56)50-33(21-11-23-48-44(46)47)39(57)52-35(42(60)61)19-9-8-18-34(41(59)54-24-12-22-37(54)40(58)51-32)53-45(63)65-25-31-29-15-5-3-13-27(29)28-14-4-6-16-30(28)31/h3-6,13-16,31-37H,7-12,17-25H2,1-2H3,(H,49,55)(H,50,56)(H,51,58)(H,52,57)(H,53,63)(H,60,61)(H4,46,47,48)/t32-,33-,34-,35-,36-,37-/m0/s1. The first-order valence-corrected chi connectivity index (χ1v) is 22.1. The zero-order chi connectivity index (χ0) is 47.0. The molecule has 352 valence electrons. The summed E-state index contributed by atoms with van der Waals surface area (Å²) in [6.07, 6.45) is 1.33. The Hall–Kier alpha value is -6.73. The SMILES string of the molecule is COC(=O)[C@H](CCCC[C@@H]1NC(=O)[C@@H]2CCCN2C(=O)[C@@H](NC(=O)OCC2c3ccccc3-c3ccccc32)CCCC[C@@H](C(=O)O)NC(=O)[C@H](CCCN=C(N)N)NC1=O)NC(C)=O. The maximum atomic E-state index is 14.4. The summed E-state index contributed by atoms with van der Waals surface area (Å²) in [4.78, 5) is 112. The molecule has 2 aromatic carbocycles. The number of hydrogen-bond donors (Lipinski definition) is 8. The normalized spacial score (nSPS) is 22.1. The summed E-state index contributed by atoms with van der Waals surface area (Å²) in [6, 6.07) is 8.71. The van der Waals surface area contributed by atoms with Crippen molar-refractivity contribution >= 4 is 53.5 Å². The maximum absolute atomic E-state index is 14.4. The number of guanidine groups is 1. The minimum Gasteiger partial charge on any atom is -0.480 e. The second kappa shape index (κ2) is 23.8. The van der Waals surface area contributed by atoms with Crippen LogP contribution in [0.5, 0.6) is 0 Å². The number of carbonyl (C=O) groups excluding carboxylic acids is 7. The number of nitrogens with zero attached hydrogens (tertiary/aromatic N) is 2. The third kappa shape index (κ3) is 13.6. The molecule has 0 radical (unpaired) electrons. The number of carbonyl (C=O) groups is 8. The monoisotopic (exact) mass is 903 g/mol. The minimum atomic E-state index is -1.37. The number of carboxylic acids is 1. The van der Waals surface area contributed by atoms with E-state index >= 15 is 0 Å². The summed E-state index contributed by atoms with van der Waals surface area (Å²) < 4.78 is 10.6. The Kier molecular flexibility index (Phi) is 18.1. The molecule has 6 amide bonds. The van der Waals surface area contributed by atoms with E-state index in [0.717, 1.165) is 22.3 Å². The van der Waals surface area contributed by atoms with Crippen molar-refractivity contribution in [3.8, 4) is 11.1 Å². The van der Waals surface area contributed by atoms with Crippen molar-refractivity contribution in [2.75, 3.05) is 26.8 Å². The summed E-state index contributed by atoms with van der Waals surface area (Å²) in [6.45, 7) is 1.55. The van der Waals surface area contributed by atoms with Crippen molar-refractivity contribution in [1.82, 2.24) is 31.5 Å². The summed E-state index contributed by atoms with van der Waals surface area (Å²) in [7, 11) is 1.19. The molecular formula is C45H61N9O11. The van der Waals surface area contributed by atoms with Crippen LogP contribution < -0.4 is 38.1 Å². The number of nitrogens with one attached hydrogen (secondary N) is 5. The highest BCUT2D eigenvalue weighted by atomic mass is 16.5. The van der Waals surface area contributed by atoms with Crippen LogP contribution in [0.3, 0.4) is 0 Å². The molecule has 20 nitrogen and oxygen atoms in total. The van der Waals surface area contributed by atoms with E-state index in [2.05, 4.69) is 31.6 Å². The van der Waals surface area contributed by atoms with Gasteiger partial charge in [0, 0.05) is 25.9 Å². The van der Waals surface area contributed by atoms with Gasteiger partial charge in [0.2, 0.25) is 29.5 Å². The van der Waals surface area contributed by atoms with Gasteiger partial charge in [-0.25, -0.2) is 14.4 Å². The number of ether oxygens (including phenoxy) is 2. The molecule has 0 saturated carbocycles. The average molecular weight is 904 g/mol. The van der Waals surface area contributed by atoms with Crippen LogP contribution in [-0.2, 0) is 43.0 Å². The number of benzene rings is 2. The molecular weight excluding hydrogens is 843 g/mol. The van der Waals surface area contributed by atoms with Crippen LogP contribution in [0.4, 0.5) is 4.79 Å². The van der Waals surface area contributed by atoms with Crippen LogP contribution in [-0.4, -0.2) is 127 Å². The van der Waals surface area contributed by atoms with Gasteiger partial charge in [-0.05, 0) is 73.6 Å². The number of rotatable bonds is 15. The fourth-order valence-corrected chi connectivity index (χ4v) is 8.68. The van der Waals surface area contributed by atoms with Crippen LogP contribution in [0.25, 0.3) is 11.1 Å². The number of nitrogens with two attached hydrogens (primary N) is 2. The predicted molar refractivity (Wildman–Crippen MR) is 237 cm³/mol. The van der Waals surface area contributed by atoms with Crippen molar-refractivity contribution in [1.29, 1.82) is 0 Å². The molecule has 2 saturated heterocycles. The summed E-state index contributed by atoms with van der Waals surface area (Å²) >= 11 is 0. The number of amides is 6. The summed E-state index contributed by atoms with van der Waals surface area (Å²) in [5.74, 6) is -5.55. The highest BCUT2D eigenvalue weighted by Gasteiger charge is 2.40. The van der Waals surface area contributed by atoms with Crippen LogP contribution in [0.2, 0.25) is 0 Å². The second-order valence-electron chi connectivity index (χ2n) is 16.5. The van der Waals surface area contributed by atoms with E-state index in [1.165, 1.54) is 18.9 Å². The third-order valence-corrected chi connectivity index (χ3v) is 11.9. The van der Waals surface area contributed by atoms with E-state index in [4.69, 9.17) is 20.9 Å². The molecule has 2 fully saturated rings. The fraction of sp³-hybridized carbons (Fsp3) is 0.533. The van der Waals surface area contributed by atoms with Gasteiger partial charge >= 0.3 is 18.0 Å². The molecule has 6 atom stereocenters. The van der Waals surface area contributed by atoms with Gasteiger partial charge in [-0.2, -0.15) is 0 Å². The van der Waals surface area contributed by atoms with Crippen LogP contribution in [0.1, 0.15) is 101 Å². The van der Waals surface area contributed by atoms with Crippen molar-refractivity contribution in [2.45, 2.75) is 126 Å². The van der Waals surface area contributed by atoms with E-state index in [-0.39, 0.29) is 95.8 Å². The van der Waals surface area contributed by atoms with Gasteiger partial charge < -0.3 is 57.5 Å². The lowest BCUT2D eigenvalue weighted by atomic mass is 9.98. The lowest BCUT2D eigenvalue weighted by Crippen LogP contribution is -2.58. The number of carboxylic acid groups (broad SMARTS) is 1. The molecule has 0 aromatic heterocycles. The average Bonchev–Trinajstić information content (AvgIpc) is 3.90. The van der Waals surface area contributed by atoms with Crippen molar-refractivity contribution in [2.24, 2.45) is 16.5 Å². The molecule has 3 aliphatic rings. The lowest BCUT2D eigenvalue weighted by molar-refractivity contribution is -0.145. The molecule has 1 aliphatic carbocycles. The Morgan fingerprint density at radius 2 is 1.45 bits per heavy atom.